The molecule has 3 aliphatic heterocycles. The number of para-hydroxylation sites is 1. The lowest BCUT2D eigenvalue weighted by Gasteiger charge is -2.53. The summed E-state index contributed by atoms with van der Waals surface area (Å²) in [5.41, 5.74) is 1.92. The number of rotatable bonds is 7. The second kappa shape index (κ2) is 9.32. The number of nitriles is 1. The third kappa shape index (κ3) is 4.49. The van der Waals surface area contributed by atoms with E-state index in [0.29, 0.717) is 18.9 Å². The Kier molecular flexibility index (Phi) is 6.35. The summed E-state index contributed by atoms with van der Waals surface area (Å²) in [6.07, 6.45) is 4.38. The van der Waals surface area contributed by atoms with Gasteiger partial charge in [0.25, 0.3) is 0 Å². The minimum Gasteiger partial charge on any atom is -0.396 e. The van der Waals surface area contributed by atoms with Gasteiger partial charge >= 0.3 is 6.09 Å². The van der Waals surface area contributed by atoms with Gasteiger partial charge in [0.2, 0.25) is 6.23 Å². The highest BCUT2D eigenvalue weighted by Crippen LogP contribution is 2.39. The molecular formula is C25H30N3O2+. The van der Waals surface area contributed by atoms with Crippen LogP contribution in [0.2, 0.25) is 0 Å². The molecule has 5 rings (SSSR count). The van der Waals surface area contributed by atoms with E-state index >= 15 is 0 Å². The lowest BCUT2D eigenvalue weighted by Crippen LogP contribution is -2.65. The molecule has 0 aliphatic carbocycles. The molecule has 3 saturated heterocycles. The first-order valence-corrected chi connectivity index (χ1v) is 11.0. The lowest BCUT2D eigenvalue weighted by molar-refractivity contribution is -0.984. The molecule has 2 aromatic carbocycles. The van der Waals surface area contributed by atoms with Gasteiger partial charge < -0.3 is 4.74 Å². The smallest absolute Gasteiger partial charge is 0.396 e. The molecule has 5 nitrogen and oxygen atoms in total. The summed E-state index contributed by atoms with van der Waals surface area (Å²) in [4.78, 5) is 15.1. The normalized spacial score (nSPS) is 24.8. The van der Waals surface area contributed by atoms with Gasteiger partial charge in [-0.25, -0.2) is 4.79 Å². The maximum atomic E-state index is 13.4. The largest absolute Gasteiger partial charge is 0.419 e. The van der Waals surface area contributed by atoms with Gasteiger partial charge in [0, 0.05) is 37.8 Å². The molecule has 3 aliphatic rings. The van der Waals surface area contributed by atoms with E-state index in [2.05, 4.69) is 6.07 Å². The Balaban J connectivity index is 1.53. The molecule has 0 unspecified atom stereocenters. The van der Waals surface area contributed by atoms with Gasteiger partial charge in [0.15, 0.2) is 0 Å². The topological polar surface area (TPSA) is 53.3 Å². The Hall–Kier alpha value is -2.84. The lowest BCUT2D eigenvalue weighted by atomic mass is 9.84. The molecule has 156 valence electrons. The van der Waals surface area contributed by atoms with Crippen molar-refractivity contribution in [3.8, 4) is 6.07 Å². The number of benzene rings is 2. The Bertz CT molecular complexity index is 870. The summed E-state index contributed by atoms with van der Waals surface area (Å²) in [6.45, 7) is 3.51. The van der Waals surface area contributed by atoms with Gasteiger partial charge in [-0.3, -0.25) is 9.38 Å². The fourth-order valence-electron chi connectivity index (χ4n) is 4.98. The van der Waals surface area contributed by atoms with Gasteiger partial charge in [-0.05, 0) is 23.6 Å². The van der Waals surface area contributed by atoms with E-state index in [1.165, 1.54) is 12.8 Å². The van der Waals surface area contributed by atoms with Crippen molar-refractivity contribution in [3.05, 3.63) is 66.2 Å². The van der Waals surface area contributed by atoms with Crippen molar-refractivity contribution in [2.45, 2.75) is 44.9 Å². The first kappa shape index (κ1) is 20.4. The van der Waals surface area contributed by atoms with Crippen LogP contribution in [0.25, 0.3) is 0 Å². The van der Waals surface area contributed by atoms with Crippen LogP contribution in [0.15, 0.2) is 60.7 Å². The predicted octanol–water partition coefficient (Wildman–Crippen LogP) is 5.09. The number of unbranched alkanes of at least 4 members (excludes halogenated alkanes) is 1. The van der Waals surface area contributed by atoms with Crippen molar-refractivity contribution in [1.29, 1.82) is 5.26 Å². The number of piperidine rings is 3. The molecule has 0 radical (unpaired) electrons. The quantitative estimate of drug-likeness (QED) is 0.477. The van der Waals surface area contributed by atoms with Crippen LogP contribution >= 0.6 is 0 Å². The number of carbonyl (C=O) groups excluding carboxylic acids is 1. The van der Waals surface area contributed by atoms with Gasteiger partial charge in [0.1, 0.15) is 0 Å². The van der Waals surface area contributed by atoms with Gasteiger partial charge in [-0.15, -0.1) is 0 Å². The number of hydrogen-bond acceptors (Lipinski definition) is 3. The SMILES string of the molecule is N#CCCC[N+]12CCC(CC1)C[C@H]2OC(=O)N(Cc1ccccc1)c1ccccc1. The van der Waals surface area contributed by atoms with Crippen LogP contribution in [0.1, 0.15) is 37.7 Å². The van der Waals surface area contributed by atoms with Crippen LogP contribution in [0.4, 0.5) is 10.5 Å². The molecule has 1 atom stereocenters. The summed E-state index contributed by atoms with van der Waals surface area (Å²) in [5, 5.41) is 8.96. The van der Waals surface area contributed by atoms with Crippen LogP contribution in [0.3, 0.4) is 0 Å². The van der Waals surface area contributed by atoms with E-state index in [0.717, 1.165) is 48.2 Å². The summed E-state index contributed by atoms with van der Waals surface area (Å²) in [7, 11) is 0. The van der Waals surface area contributed by atoms with E-state index in [4.69, 9.17) is 10.00 Å². The molecule has 5 heteroatoms. The molecule has 2 bridgehead atoms. The van der Waals surface area contributed by atoms with E-state index in [9.17, 15) is 4.79 Å². The van der Waals surface area contributed by atoms with Crippen LogP contribution in [-0.2, 0) is 11.3 Å². The van der Waals surface area contributed by atoms with E-state index < -0.39 is 0 Å². The molecule has 1 amide bonds. The fourth-order valence-corrected chi connectivity index (χ4v) is 4.98. The van der Waals surface area contributed by atoms with Crippen molar-refractivity contribution in [2.75, 3.05) is 24.5 Å². The van der Waals surface area contributed by atoms with Crippen LogP contribution in [0.5, 0.6) is 0 Å². The van der Waals surface area contributed by atoms with E-state index in [1.54, 1.807) is 4.90 Å². The van der Waals surface area contributed by atoms with Crippen LogP contribution < -0.4 is 4.90 Å². The molecule has 2 aromatic rings. The van der Waals surface area contributed by atoms with E-state index in [1.807, 2.05) is 60.7 Å². The van der Waals surface area contributed by atoms with Crippen molar-refractivity contribution >= 4 is 11.8 Å². The highest BCUT2D eigenvalue weighted by atomic mass is 16.6. The molecule has 30 heavy (non-hydrogen) atoms. The molecule has 3 fully saturated rings. The maximum absolute atomic E-state index is 13.4. The first-order valence-electron chi connectivity index (χ1n) is 11.0. The van der Waals surface area contributed by atoms with Gasteiger partial charge in [-0.2, -0.15) is 5.26 Å². The van der Waals surface area contributed by atoms with Crippen LogP contribution in [0, 0.1) is 17.2 Å². The predicted molar refractivity (Wildman–Crippen MR) is 116 cm³/mol. The zero-order valence-electron chi connectivity index (χ0n) is 17.5. The zero-order chi connectivity index (χ0) is 20.8. The monoisotopic (exact) mass is 404 g/mol. The van der Waals surface area contributed by atoms with Crippen molar-refractivity contribution in [2.24, 2.45) is 5.92 Å². The summed E-state index contributed by atoms with van der Waals surface area (Å²) in [6, 6.07) is 22.0. The number of amides is 1. The number of fused-ring (bicyclic) bond motifs is 3. The van der Waals surface area contributed by atoms with Gasteiger partial charge in [0.05, 0.1) is 32.2 Å². The van der Waals surface area contributed by atoms with E-state index in [-0.39, 0.29) is 12.3 Å². The van der Waals surface area contributed by atoms with Gasteiger partial charge in [-0.1, -0.05) is 48.5 Å². The minimum absolute atomic E-state index is 0.106. The average molecular weight is 405 g/mol. The number of nitrogens with zero attached hydrogens (tertiary/aromatic N) is 3. The van der Waals surface area contributed by atoms with Crippen molar-refractivity contribution in [3.63, 3.8) is 0 Å². The summed E-state index contributed by atoms with van der Waals surface area (Å²) >= 11 is 0. The molecular weight excluding hydrogens is 374 g/mol. The third-order valence-electron chi connectivity index (χ3n) is 6.71. The molecule has 0 spiro atoms. The third-order valence-corrected chi connectivity index (χ3v) is 6.71. The fraction of sp³-hybridized carbons (Fsp3) is 0.440. The second-order valence-electron chi connectivity index (χ2n) is 8.58. The Morgan fingerprint density at radius 1 is 1.07 bits per heavy atom. The minimum atomic E-state index is -0.277. The molecule has 0 aromatic heterocycles. The number of quaternary nitrogens is 1. The number of ether oxygens (including phenoxy) is 1. The average Bonchev–Trinajstić information content (AvgIpc) is 2.80. The van der Waals surface area contributed by atoms with Crippen molar-refractivity contribution < 1.29 is 14.0 Å². The zero-order valence-corrected chi connectivity index (χ0v) is 17.5. The second-order valence-corrected chi connectivity index (χ2v) is 8.58. The number of hydrogen-bond donors (Lipinski definition) is 0. The molecule has 3 heterocycles. The maximum Gasteiger partial charge on any atom is 0.419 e. The Morgan fingerprint density at radius 2 is 1.73 bits per heavy atom. The van der Waals surface area contributed by atoms with Crippen LogP contribution in [-0.4, -0.2) is 36.4 Å². The number of carbonyl (C=O) groups is 1. The molecule has 0 saturated carbocycles. The molecule has 0 N–H and O–H groups in total. The number of anilines is 1. The summed E-state index contributed by atoms with van der Waals surface area (Å²) in [5.74, 6) is 0.651. The Morgan fingerprint density at radius 3 is 2.40 bits per heavy atom. The summed E-state index contributed by atoms with van der Waals surface area (Å²) < 4.78 is 7.06. The Labute approximate surface area is 179 Å². The highest BCUT2D eigenvalue weighted by Gasteiger charge is 2.49. The van der Waals surface area contributed by atoms with Crippen molar-refractivity contribution in [1.82, 2.24) is 0 Å². The first-order chi connectivity index (χ1) is 14.7. The highest BCUT2D eigenvalue weighted by molar-refractivity contribution is 5.87. The standard InChI is InChI=1S/C25H30N3O2/c26-15-7-8-16-28-17-13-21(14-18-28)19-24(28)30-25(29)27(23-11-5-2-6-12-23)20-22-9-3-1-4-10-22/h1-6,9-12,21,24H,7-8,13-14,16-20H2/q+1/t21?,24-,28?/m1/s1.